The largest absolute Gasteiger partial charge is 0.394 e. The molecule has 1 heterocycles. The lowest BCUT2D eigenvalue weighted by molar-refractivity contribution is -0.262. The highest BCUT2D eigenvalue weighted by molar-refractivity contribution is 4.92. The van der Waals surface area contributed by atoms with Gasteiger partial charge in [-0.25, -0.2) is 0 Å². The topological polar surface area (TPSA) is 94.2 Å². The molecular weight excluding hydrogens is 190 g/mol. The first-order valence-electron chi connectivity index (χ1n) is 4.41. The number of hydrogen-bond donors (Lipinski definition) is 3. The lowest BCUT2D eigenvalue weighted by Crippen LogP contribution is -2.62. The summed E-state index contributed by atoms with van der Waals surface area (Å²) in [6, 6.07) is -0.673. The monoisotopic (exact) mass is 207 g/mol. The molecule has 0 bridgehead atoms. The van der Waals surface area contributed by atoms with E-state index in [4.69, 9.17) is 25.1 Å². The molecule has 0 aromatic rings. The molecule has 1 fully saturated rings. The Bertz CT molecular complexity index is 177. The minimum atomic E-state index is -0.907. The van der Waals surface area contributed by atoms with E-state index in [-0.39, 0.29) is 6.61 Å². The Balaban J connectivity index is 2.71. The normalized spacial score (nSPS) is 43.9. The van der Waals surface area contributed by atoms with E-state index in [0.717, 1.165) is 0 Å². The van der Waals surface area contributed by atoms with Crippen LogP contribution in [0.25, 0.3) is 0 Å². The van der Waals surface area contributed by atoms with Crippen LogP contribution in [-0.2, 0) is 14.2 Å². The van der Waals surface area contributed by atoms with E-state index in [2.05, 4.69) is 0 Å². The van der Waals surface area contributed by atoms with Crippen molar-refractivity contribution in [3.63, 3.8) is 0 Å². The second kappa shape index (κ2) is 5.01. The molecule has 0 saturated carbocycles. The molecule has 0 spiro atoms. The van der Waals surface area contributed by atoms with Crippen LogP contribution in [0.1, 0.15) is 0 Å². The highest BCUT2D eigenvalue weighted by Gasteiger charge is 2.43. The lowest BCUT2D eigenvalue weighted by Gasteiger charge is -2.41. The zero-order valence-electron chi connectivity index (χ0n) is 8.29. The fraction of sp³-hybridized carbons (Fsp3) is 1.00. The van der Waals surface area contributed by atoms with Gasteiger partial charge in [0, 0.05) is 14.2 Å². The van der Waals surface area contributed by atoms with Gasteiger partial charge < -0.3 is 30.2 Å². The van der Waals surface area contributed by atoms with Gasteiger partial charge in [0.15, 0.2) is 6.29 Å². The van der Waals surface area contributed by atoms with Gasteiger partial charge in [0.25, 0.3) is 0 Å². The Morgan fingerprint density at radius 2 is 2.00 bits per heavy atom. The number of hydrogen-bond acceptors (Lipinski definition) is 6. The molecule has 6 heteroatoms. The third kappa shape index (κ3) is 2.05. The molecule has 0 aliphatic carbocycles. The second-order valence-electron chi connectivity index (χ2n) is 3.23. The third-order valence-electron chi connectivity index (χ3n) is 2.40. The average molecular weight is 207 g/mol. The molecule has 0 amide bonds. The predicted octanol–water partition coefficient (Wildman–Crippen LogP) is -1.95. The van der Waals surface area contributed by atoms with Crippen LogP contribution < -0.4 is 5.73 Å². The van der Waals surface area contributed by atoms with Crippen molar-refractivity contribution in [2.75, 3.05) is 20.8 Å². The quantitative estimate of drug-likeness (QED) is 0.498. The van der Waals surface area contributed by atoms with Gasteiger partial charge in [-0.2, -0.15) is 0 Å². The minimum absolute atomic E-state index is 0.248. The summed E-state index contributed by atoms with van der Waals surface area (Å²) in [7, 11) is 2.86. The van der Waals surface area contributed by atoms with E-state index in [1.807, 2.05) is 0 Å². The molecule has 1 aliphatic heterocycles. The number of rotatable bonds is 3. The van der Waals surface area contributed by atoms with Gasteiger partial charge in [0.05, 0.1) is 12.6 Å². The van der Waals surface area contributed by atoms with Gasteiger partial charge in [-0.1, -0.05) is 0 Å². The van der Waals surface area contributed by atoms with E-state index in [1.54, 1.807) is 0 Å². The number of aliphatic hydroxyl groups excluding tert-OH is 2. The third-order valence-corrected chi connectivity index (χ3v) is 2.40. The van der Waals surface area contributed by atoms with Crippen LogP contribution in [0.2, 0.25) is 0 Å². The number of nitrogens with two attached hydrogens (primary N) is 1. The minimum Gasteiger partial charge on any atom is -0.394 e. The summed E-state index contributed by atoms with van der Waals surface area (Å²) >= 11 is 0. The predicted molar refractivity (Wildman–Crippen MR) is 47.5 cm³/mol. The van der Waals surface area contributed by atoms with E-state index < -0.39 is 30.6 Å². The highest BCUT2D eigenvalue weighted by Crippen LogP contribution is 2.21. The molecule has 0 aromatic heterocycles. The molecule has 6 nitrogen and oxygen atoms in total. The fourth-order valence-electron chi connectivity index (χ4n) is 1.59. The summed E-state index contributed by atoms with van der Waals surface area (Å²) in [5.74, 6) is 0. The van der Waals surface area contributed by atoms with E-state index in [1.165, 1.54) is 14.2 Å². The summed E-state index contributed by atoms with van der Waals surface area (Å²) in [6.07, 6.45) is -2.86. The van der Waals surface area contributed by atoms with Crippen molar-refractivity contribution in [2.24, 2.45) is 5.73 Å². The highest BCUT2D eigenvalue weighted by atomic mass is 16.7. The summed E-state index contributed by atoms with van der Waals surface area (Å²) in [5, 5.41) is 18.7. The van der Waals surface area contributed by atoms with Gasteiger partial charge in [-0.15, -0.1) is 0 Å². The zero-order chi connectivity index (χ0) is 10.7. The standard InChI is InChI=1S/C8H17NO5/c1-12-7-4(3-10)14-8(13-2)5(9)6(7)11/h4-8,10-11H,3,9H2,1-2H3/t4?,5-,6+,7+,8?/m0/s1. The van der Waals surface area contributed by atoms with Crippen molar-refractivity contribution in [1.82, 2.24) is 0 Å². The van der Waals surface area contributed by atoms with Crippen LogP contribution in [0, 0.1) is 0 Å². The van der Waals surface area contributed by atoms with Crippen LogP contribution in [0.15, 0.2) is 0 Å². The molecule has 14 heavy (non-hydrogen) atoms. The smallest absolute Gasteiger partial charge is 0.175 e. The van der Waals surface area contributed by atoms with Gasteiger partial charge >= 0.3 is 0 Å². The van der Waals surface area contributed by atoms with Crippen molar-refractivity contribution < 1.29 is 24.4 Å². The SMILES string of the molecule is COC1OC(CO)[C@@H](OC)[C@H](O)[C@@H]1N. The Labute approximate surface area is 82.6 Å². The van der Waals surface area contributed by atoms with Crippen molar-refractivity contribution in [2.45, 2.75) is 30.6 Å². The first-order chi connectivity index (χ1) is 6.65. The van der Waals surface area contributed by atoms with Gasteiger partial charge in [0.1, 0.15) is 18.3 Å². The Hall–Kier alpha value is -0.240. The maximum absolute atomic E-state index is 9.72. The van der Waals surface area contributed by atoms with Crippen LogP contribution >= 0.6 is 0 Å². The maximum Gasteiger partial charge on any atom is 0.175 e. The summed E-state index contributed by atoms with van der Waals surface area (Å²) in [6.45, 7) is -0.248. The number of methoxy groups -OCH3 is 2. The van der Waals surface area contributed by atoms with Crippen LogP contribution in [-0.4, -0.2) is 61.7 Å². The van der Waals surface area contributed by atoms with Crippen LogP contribution in [0.3, 0.4) is 0 Å². The molecule has 1 rings (SSSR count). The maximum atomic E-state index is 9.72. The first-order valence-corrected chi connectivity index (χ1v) is 4.41. The van der Waals surface area contributed by atoms with E-state index in [0.29, 0.717) is 0 Å². The summed E-state index contributed by atoms with van der Waals surface area (Å²) < 4.78 is 15.2. The Morgan fingerprint density at radius 1 is 1.36 bits per heavy atom. The van der Waals surface area contributed by atoms with Crippen LogP contribution in [0.4, 0.5) is 0 Å². The average Bonchev–Trinajstić information content (AvgIpc) is 2.21. The molecular formula is C8H17NO5. The second-order valence-corrected chi connectivity index (χ2v) is 3.23. The lowest BCUT2D eigenvalue weighted by atomic mass is 9.97. The number of aliphatic hydroxyl groups is 2. The van der Waals surface area contributed by atoms with Crippen molar-refractivity contribution in [3.05, 3.63) is 0 Å². The molecule has 4 N–H and O–H groups in total. The molecule has 2 unspecified atom stereocenters. The Morgan fingerprint density at radius 3 is 2.43 bits per heavy atom. The molecule has 5 atom stereocenters. The Kier molecular flexibility index (Phi) is 4.24. The zero-order valence-corrected chi connectivity index (χ0v) is 8.29. The molecule has 0 radical (unpaired) electrons. The van der Waals surface area contributed by atoms with Crippen LogP contribution in [0.5, 0.6) is 0 Å². The molecule has 1 saturated heterocycles. The van der Waals surface area contributed by atoms with Gasteiger partial charge in [0.2, 0.25) is 0 Å². The van der Waals surface area contributed by atoms with E-state index in [9.17, 15) is 5.11 Å². The molecule has 1 aliphatic rings. The van der Waals surface area contributed by atoms with Crippen molar-refractivity contribution in [1.29, 1.82) is 0 Å². The van der Waals surface area contributed by atoms with Gasteiger partial charge in [-0.3, -0.25) is 0 Å². The number of ether oxygens (including phenoxy) is 3. The summed E-state index contributed by atoms with van der Waals surface area (Å²) in [4.78, 5) is 0. The fourth-order valence-corrected chi connectivity index (χ4v) is 1.59. The van der Waals surface area contributed by atoms with Crippen molar-refractivity contribution >= 4 is 0 Å². The van der Waals surface area contributed by atoms with Gasteiger partial charge in [-0.05, 0) is 0 Å². The van der Waals surface area contributed by atoms with E-state index >= 15 is 0 Å². The molecule has 84 valence electrons. The molecule has 0 aromatic carbocycles. The van der Waals surface area contributed by atoms with Crippen molar-refractivity contribution in [3.8, 4) is 0 Å². The first kappa shape index (κ1) is 11.8. The summed E-state index contributed by atoms with van der Waals surface area (Å²) in [5.41, 5.74) is 5.65.